The summed E-state index contributed by atoms with van der Waals surface area (Å²) in [6, 6.07) is 1.94. The van der Waals surface area contributed by atoms with E-state index in [1.54, 1.807) is 0 Å². The molecule has 0 amide bonds. The van der Waals surface area contributed by atoms with Crippen LogP contribution in [0.3, 0.4) is 0 Å². The van der Waals surface area contributed by atoms with Gasteiger partial charge in [-0.25, -0.2) is 17.9 Å². The highest BCUT2D eigenvalue weighted by Gasteiger charge is 2.21. The van der Waals surface area contributed by atoms with E-state index >= 15 is 0 Å². The van der Waals surface area contributed by atoms with Gasteiger partial charge in [-0.05, 0) is 24.5 Å². The molecule has 102 valence electrons. The highest BCUT2D eigenvalue weighted by Crippen LogP contribution is 2.25. The number of primary sulfonamides is 1. The van der Waals surface area contributed by atoms with Crippen molar-refractivity contribution in [3.05, 3.63) is 23.8 Å². The molecule has 0 unspecified atom stereocenters. The molecule has 0 radical (unpaired) electrons. The minimum Gasteiger partial charge on any atom is -0.490 e. The highest BCUT2D eigenvalue weighted by atomic mass is 32.2. The van der Waals surface area contributed by atoms with Crippen molar-refractivity contribution in [3.8, 4) is 5.75 Å². The number of sulfonamides is 1. The van der Waals surface area contributed by atoms with Crippen molar-refractivity contribution < 1.29 is 21.9 Å². The fraction of sp³-hybridized carbons (Fsp3) is 0.455. The first-order valence-electron chi connectivity index (χ1n) is 5.37. The number of hydrogen-bond donors (Lipinski definition) is 1. The van der Waals surface area contributed by atoms with Crippen LogP contribution in [-0.4, -0.2) is 15.0 Å². The van der Waals surface area contributed by atoms with Crippen molar-refractivity contribution in [2.75, 3.05) is 6.61 Å². The third kappa shape index (κ3) is 3.64. The molecule has 7 heteroatoms. The van der Waals surface area contributed by atoms with Crippen LogP contribution in [0.5, 0.6) is 5.75 Å². The minimum atomic E-state index is -4.28. The van der Waals surface area contributed by atoms with Gasteiger partial charge in [0.25, 0.3) is 0 Å². The van der Waals surface area contributed by atoms with E-state index in [0.717, 1.165) is 12.1 Å². The lowest BCUT2D eigenvalue weighted by molar-refractivity contribution is 0.271. The Morgan fingerprint density at radius 1 is 1.28 bits per heavy atom. The second kappa shape index (κ2) is 5.62. The quantitative estimate of drug-likeness (QED) is 0.896. The minimum absolute atomic E-state index is 0.225. The summed E-state index contributed by atoms with van der Waals surface area (Å²) in [7, 11) is -4.28. The number of ether oxygens (including phenoxy) is 1. The molecular weight excluding hydrogens is 264 g/mol. The topological polar surface area (TPSA) is 69.4 Å². The van der Waals surface area contributed by atoms with Gasteiger partial charge in [-0.15, -0.1) is 0 Å². The van der Waals surface area contributed by atoms with Crippen molar-refractivity contribution in [3.63, 3.8) is 0 Å². The summed E-state index contributed by atoms with van der Waals surface area (Å²) in [4.78, 5) is -0.879. The van der Waals surface area contributed by atoms with E-state index in [2.05, 4.69) is 0 Å². The third-order valence-electron chi connectivity index (χ3n) is 2.27. The predicted molar refractivity (Wildman–Crippen MR) is 62.7 cm³/mol. The Morgan fingerprint density at radius 2 is 1.89 bits per heavy atom. The molecule has 18 heavy (non-hydrogen) atoms. The largest absolute Gasteiger partial charge is 0.490 e. The molecule has 1 aromatic rings. The standard InChI is InChI=1S/C11H15F2NO3S/c1-7(2)5-6-17-8-3-4-9(18(14,15)16)11(13)10(8)12/h3-4,7H,5-6H2,1-2H3,(H2,14,15,16). The molecule has 1 rings (SSSR count). The Kier molecular flexibility index (Phi) is 4.64. The van der Waals surface area contributed by atoms with Crippen LogP contribution in [-0.2, 0) is 10.0 Å². The Hall–Kier alpha value is -1.21. The summed E-state index contributed by atoms with van der Waals surface area (Å²) in [6.45, 7) is 4.15. The van der Waals surface area contributed by atoms with Gasteiger partial charge in [-0.2, -0.15) is 4.39 Å². The molecule has 0 fully saturated rings. The Balaban J connectivity index is 2.95. The Morgan fingerprint density at radius 3 is 2.39 bits per heavy atom. The van der Waals surface area contributed by atoms with Crippen LogP contribution in [0.4, 0.5) is 8.78 Å². The number of rotatable bonds is 5. The van der Waals surface area contributed by atoms with Crippen molar-refractivity contribution in [2.24, 2.45) is 11.1 Å². The average molecular weight is 279 g/mol. The maximum atomic E-state index is 13.5. The second-order valence-corrected chi connectivity index (χ2v) is 5.80. The van der Waals surface area contributed by atoms with E-state index < -0.39 is 26.6 Å². The first-order valence-corrected chi connectivity index (χ1v) is 6.91. The normalized spacial score (nSPS) is 11.9. The van der Waals surface area contributed by atoms with Crippen LogP contribution in [0.1, 0.15) is 20.3 Å². The average Bonchev–Trinajstić information content (AvgIpc) is 2.22. The number of benzene rings is 1. The van der Waals surface area contributed by atoms with E-state index in [9.17, 15) is 17.2 Å². The van der Waals surface area contributed by atoms with Gasteiger partial charge in [0.1, 0.15) is 4.90 Å². The van der Waals surface area contributed by atoms with Gasteiger partial charge >= 0.3 is 0 Å². The van der Waals surface area contributed by atoms with E-state index in [1.807, 2.05) is 13.8 Å². The molecule has 2 N–H and O–H groups in total. The molecular formula is C11H15F2NO3S. The SMILES string of the molecule is CC(C)CCOc1ccc(S(N)(=O)=O)c(F)c1F. The fourth-order valence-corrected chi connectivity index (χ4v) is 1.85. The molecule has 0 bridgehead atoms. The summed E-state index contributed by atoms with van der Waals surface area (Å²) < 4.78 is 53.9. The summed E-state index contributed by atoms with van der Waals surface area (Å²) in [5.41, 5.74) is 0. The molecule has 0 aliphatic heterocycles. The fourth-order valence-electron chi connectivity index (χ4n) is 1.25. The van der Waals surface area contributed by atoms with Gasteiger partial charge in [0, 0.05) is 0 Å². The van der Waals surface area contributed by atoms with Crippen LogP contribution in [0, 0.1) is 17.6 Å². The van der Waals surface area contributed by atoms with E-state index in [-0.39, 0.29) is 12.4 Å². The summed E-state index contributed by atoms with van der Waals surface area (Å²) in [5, 5.41) is 4.74. The van der Waals surface area contributed by atoms with Gasteiger partial charge < -0.3 is 4.74 Å². The number of nitrogens with two attached hydrogens (primary N) is 1. The van der Waals surface area contributed by atoms with Crippen LogP contribution in [0.25, 0.3) is 0 Å². The van der Waals surface area contributed by atoms with Crippen molar-refractivity contribution in [1.82, 2.24) is 0 Å². The Bertz CT molecular complexity index is 529. The summed E-state index contributed by atoms with van der Waals surface area (Å²) >= 11 is 0. The van der Waals surface area contributed by atoms with Gasteiger partial charge in [-0.1, -0.05) is 13.8 Å². The molecule has 0 aliphatic rings. The van der Waals surface area contributed by atoms with E-state index in [4.69, 9.17) is 9.88 Å². The number of hydrogen-bond acceptors (Lipinski definition) is 3. The molecule has 1 aromatic carbocycles. The lowest BCUT2D eigenvalue weighted by atomic mass is 10.1. The zero-order valence-electron chi connectivity index (χ0n) is 10.1. The molecule has 0 heterocycles. The van der Waals surface area contributed by atoms with Crippen molar-refractivity contribution >= 4 is 10.0 Å². The van der Waals surface area contributed by atoms with Crippen LogP contribution < -0.4 is 9.88 Å². The molecule has 0 aliphatic carbocycles. The van der Waals surface area contributed by atoms with E-state index in [0.29, 0.717) is 12.3 Å². The van der Waals surface area contributed by atoms with Gasteiger partial charge in [0.15, 0.2) is 11.6 Å². The predicted octanol–water partition coefficient (Wildman–Crippen LogP) is 2.04. The number of halogens is 2. The highest BCUT2D eigenvalue weighted by molar-refractivity contribution is 7.89. The van der Waals surface area contributed by atoms with Crippen molar-refractivity contribution in [2.45, 2.75) is 25.2 Å². The summed E-state index contributed by atoms with van der Waals surface area (Å²) in [6.07, 6.45) is 0.679. The molecule has 0 spiro atoms. The van der Waals surface area contributed by atoms with Gasteiger partial charge in [-0.3, -0.25) is 0 Å². The molecule has 0 aromatic heterocycles. The smallest absolute Gasteiger partial charge is 0.241 e. The van der Waals surface area contributed by atoms with Crippen LogP contribution >= 0.6 is 0 Å². The lowest BCUT2D eigenvalue weighted by Crippen LogP contribution is -2.15. The first kappa shape index (κ1) is 14.8. The molecule has 0 saturated carbocycles. The monoisotopic (exact) mass is 279 g/mol. The zero-order chi connectivity index (χ0) is 13.9. The third-order valence-corrected chi connectivity index (χ3v) is 3.20. The Labute approximate surface area is 105 Å². The summed E-state index contributed by atoms with van der Waals surface area (Å²) in [5.74, 6) is -2.81. The maximum Gasteiger partial charge on any atom is 0.241 e. The maximum absolute atomic E-state index is 13.5. The molecule has 0 saturated heterocycles. The molecule has 0 atom stereocenters. The van der Waals surface area contributed by atoms with Crippen LogP contribution in [0.2, 0.25) is 0 Å². The lowest BCUT2D eigenvalue weighted by Gasteiger charge is -2.10. The van der Waals surface area contributed by atoms with Crippen molar-refractivity contribution in [1.29, 1.82) is 0 Å². The van der Waals surface area contributed by atoms with Gasteiger partial charge in [0.05, 0.1) is 6.61 Å². The van der Waals surface area contributed by atoms with Gasteiger partial charge in [0.2, 0.25) is 15.8 Å². The van der Waals surface area contributed by atoms with Crippen LogP contribution in [0.15, 0.2) is 17.0 Å². The zero-order valence-corrected chi connectivity index (χ0v) is 10.9. The second-order valence-electron chi connectivity index (χ2n) is 4.27. The molecule has 4 nitrogen and oxygen atoms in total. The van der Waals surface area contributed by atoms with E-state index in [1.165, 1.54) is 0 Å². The first-order chi connectivity index (χ1) is 8.23.